The standard InChI is InChI=1S/C6H11NO2S.ClH/c1-9-5(8)4(7)6(10)2-3-6;/h4,10H,2-3,7H2,1H3;1H. The van der Waals surface area contributed by atoms with Gasteiger partial charge in [-0.05, 0) is 12.8 Å². The Morgan fingerprint density at radius 1 is 1.73 bits per heavy atom. The molecule has 66 valence electrons. The van der Waals surface area contributed by atoms with Crippen LogP contribution in [0.15, 0.2) is 0 Å². The molecule has 1 aliphatic rings. The van der Waals surface area contributed by atoms with Crippen molar-refractivity contribution in [2.24, 2.45) is 0 Å². The maximum Gasteiger partial charge on any atom is 0.365 e. The first kappa shape index (κ1) is 11.1. The van der Waals surface area contributed by atoms with Crippen molar-refractivity contribution in [1.82, 2.24) is 0 Å². The van der Waals surface area contributed by atoms with E-state index in [0.717, 1.165) is 12.8 Å². The number of ether oxygens (including phenoxy) is 1. The molecule has 0 spiro atoms. The van der Waals surface area contributed by atoms with Crippen molar-refractivity contribution in [3.8, 4) is 0 Å². The number of quaternary nitrogens is 1. The maximum atomic E-state index is 10.9. The fourth-order valence-corrected chi connectivity index (χ4v) is 1.06. The molecule has 0 aromatic rings. The summed E-state index contributed by atoms with van der Waals surface area (Å²) in [7, 11) is 1.38. The lowest BCUT2D eigenvalue weighted by atomic mass is 10.2. The first-order valence-corrected chi connectivity index (χ1v) is 3.68. The molecule has 3 N–H and O–H groups in total. The van der Waals surface area contributed by atoms with Crippen LogP contribution in [0.5, 0.6) is 0 Å². The molecule has 1 saturated carbocycles. The predicted octanol–water partition coefficient (Wildman–Crippen LogP) is -3.76. The Kier molecular flexibility index (Phi) is 3.67. The van der Waals surface area contributed by atoms with Crippen LogP contribution in [-0.2, 0) is 9.53 Å². The van der Waals surface area contributed by atoms with E-state index >= 15 is 0 Å². The lowest BCUT2D eigenvalue weighted by Crippen LogP contribution is -3.00. The number of carbonyl (C=O) groups excluding carboxylic acids is 1. The van der Waals surface area contributed by atoms with Crippen LogP contribution in [0.25, 0.3) is 0 Å². The fourth-order valence-electron chi connectivity index (χ4n) is 0.838. The zero-order valence-electron chi connectivity index (χ0n) is 6.34. The molecule has 1 rings (SSSR count). The minimum Gasteiger partial charge on any atom is -1.00 e. The van der Waals surface area contributed by atoms with Crippen molar-refractivity contribution >= 4 is 18.6 Å². The number of carbonyl (C=O) groups is 1. The van der Waals surface area contributed by atoms with Crippen LogP contribution in [-0.4, -0.2) is 23.9 Å². The van der Waals surface area contributed by atoms with Crippen molar-refractivity contribution in [2.45, 2.75) is 23.6 Å². The molecular formula is C6H12ClNO2S. The second-order valence-corrected chi connectivity index (χ2v) is 3.57. The van der Waals surface area contributed by atoms with Crippen LogP contribution in [0, 0.1) is 0 Å². The van der Waals surface area contributed by atoms with Gasteiger partial charge in [0.1, 0.15) is 0 Å². The van der Waals surface area contributed by atoms with E-state index in [4.69, 9.17) is 0 Å². The minimum atomic E-state index is -0.305. The summed E-state index contributed by atoms with van der Waals surface area (Å²) in [6.07, 6.45) is 1.94. The van der Waals surface area contributed by atoms with Gasteiger partial charge < -0.3 is 22.9 Å². The van der Waals surface area contributed by atoms with E-state index in [1.54, 1.807) is 0 Å². The highest BCUT2D eigenvalue weighted by Crippen LogP contribution is 2.43. The summed E-state index contributed by atoms with van der Waals surface area (Å²) in [6, 6.07) is -0.305. The summed E-state index contributed by atoms with van der Waals surface area (Å²) in [4.78, 5) is 10.9. The first-order chi connectivity index (χ1) is 4.60. The van der Waals surface area contributed by atoms with E-state index in [1.807, 2.05) is 0 Å². The molecule has 0 saturated heterocycles. The van der Waals surface area contributed by atoms with Gasteiger partial charge in [-0.3, -0.25) is 0 Å². The summed E-state index contributed by atoms with van der Waals surface area (Å²) in [6.45, 7) is 0. The van der Waals surface area contributed by atoms with Crippen molar-refractivity contribution in [3.63, 3.8) is 0 Å². The van der Waals surface area contributed by atoms with Crippen LogP contribution in [0.1, 0.15) is 12.8 Å². The van der Waals surface area contributed by atoms with Crippen molar-refractivity contribution in [2.75, 3.05) is 7.11 Å². The number of rotatable bonds is 2. The highest BCUT2D eigenvalue weighted by Gasteiger charge is 2.51. The van der Waals surface area contributed by atoms with E-state index in [2.05, 4.69) is 23.1 Å². The number of hydrogen-bond donors (Lipinski definition) is 2. The molecule has 1 atom stereocenters. The Morgan fingerprint density at radius 2 is 2.18 bits per heavy atom. The van der Waals surface area contributed by atoms with E-state index in [-0.39, 0.29) is 29.2 Å². The van der Waals surface area contributed by atoms with Gasteiger partial charge in [-0.15, -0.1) is 0 Å². The SMILES string of the molecule is COC(=O)C([NH3+])C1(S)CC1.[Cl-]. The van der Waals surface area contributed by atoms with Gasteiger partial charge in [-0.2, -0.15) is 12.6 Å². The van der Waals surface area contributed by atoms with E-state index < -0.39 is 0 Å². The lowest BCUT2D eigenvalue weighted by molar-refractivity contribution is -0.409. The Labute approximate surface area is 77.5 Å². The monoisotopic (exact) mass is 197 g/mol. The third kappa shape index (κ3) is 2.25. The number of esters is 1. The molecule has 0 radical (unpaired) electrons. The molecule has 0 aliphatic heterocycles. The third-order valence-electron chi connectivity index (χ3n) is 1.90. The highest BCUT2D eigenvalue weighted by atomic mass is 35.5. The Hall–Kier alpha value is 0.0700. The second kappa shape index (κ2) is 3.65. The van der Waals surface area contributed by atoms with Gasteiger partial charge in [0.2, 0.25) is 0 Å². The number of halogens is 1. The smallest absolute Gasteiger partial charge is 0.365 e. The number of thiol groups is 1. The van der Waals surface area contributed by atoms with Gasteiger partial charge in [-0.25, -0.2) is 4.79 Å². The van der Waals surface area contributed by atoms with Crippen LogP contribution in [0.4, 0.5) is 0 Å². The Bertz CT molecular complexity index is 161. The van der Waals surface area contributed by atoms with Gasteiger partial charge in [0, 0.05) is 0 Å². The Morgan fingerprint density at radius 3 is 2.45 bits per heavy atom. The average molecular weight is 198 g/mol. The zero-order chi connectivity index (χ0) is 7.78. The van der Waals surface area contributed by atoms with E-state index in [9.17, 15) is 4.79 Å². The Balaban J connectivity index is 0.000001000. The van der Waals surface area contributed by atoms with Crippen LogP contribution in [0.2, 0.25) is 0 Å². The van der Waals surface area contributed by atoms with Crippen molar-refractivity contribution in [3.05, 3.63) is 0 Å². The third-order valence-corrected chi connectivity index (χ3v) is 2.66. The second-order valence-electron chi connectivity index (χ2n) is 2.68. The lowest BCUT2D eigenvalue weighted by Gasteiger charge is -2.10. The molecule has 0 amide bonds. The molecule has 1 fully saturated rings. The molecule has 5 heteroatoms. The van der Waals surface area contributed by atoms with Crippen molar-refractivity contribution in [1.29, 1.82) is 0 Å². The van der Waals surface area contributed by atoms with Gasteiger partial charge in [0.05, 0.1) is 11.9 Å². The molecular weight excluding hydrogens is 186 g/mol. The zero-order valence-corrected chi connectivity index (χ0v) is 7.99. The maximum absolute atomic E-state index is 10.9. The number of methoxy groups -OCH3 is 1. The summed E-state index contributed by atoms with van der Waals surface area (Å²) in [5.74, 6) is -0.257. The van der Waals surface area contributed by atoms with Gasteiger partial charge >= 0.3 is 5.97 Å². The molecule has 11 heavy (non-hydrogen) atoms. The van der Waals surface area contributed by atoms with Crippen LogP contribution >= 0.6 is 12.6 Å². The summed E-state index contributed by atoms with van der Waals surface area (Å²) in [5, 5.41) is 0. The summed E-state index contributed by atoms with van der Waals surface area (Å²) >= 11 is 4.29. The fraction of sp³-hybridized carbons (Fsp3) is 0.833. The van der Waals surface area contributed by atoms with Gasteiger partial charge in [-0.1, -0.05) is 0 Å². The van der Waals surface area contributed by atoms with Crippen LogP contribution in [0.3, 0.4) is 0 Å². The molecule has 0 aromatic carbocycles. The molecule has 0 bridgehead atoms. The van der Waals surface area contributed by atoms with Gasteiger partial charge in [0.15, 0.2) is 6.04 Å². The first-order valence-electron chi connectivity index (χ1n) is 3.23. The van der Waals surface area contributed by atoms with E-state index in [0.29, 0.717) is 0 Å². The topological polar surface area (TPSA) is 53.9 Å². The molecule has 1 unspecified atom stereocenters. The molecule has 0 heterocycles. The largest absolute Gasteiger partial charge is 1.00 e. The molecule has 0 aromatic heterocycles. The van der Waals surface area contributed by atoms with Gasteiger partial charge in [0.25, 0.3) is 0 Å². The minimum absolute atomic E-state index is 0. The quantitative estimate of drug-likeness (QED) is 0.353. The summed E-state index contributed by atoms with van der Waals surface area (Å²) < 4.78 is 4.37. The average Bonchev–Trinajstić information content (AvgIpc) is 2.66. The molecule has 3 nitrogen and oxygen atoms in total. The van der Waals surface area contributed by atoms with Crippen LogP contribution < -0.4 is 18.1 Å². The highest BCUT2D eigenvalue weighted by molar-refractivity contribution is 7.82. The van der Waals surface area contributed by atoms with E-state index in [1.165, 1.54) is 7.11 Å². The van der Waals surface area contributed by atoms with Crippen molar-refractivity contribution < 1.29 is 27.7 Å². The normalized spacial score (nSPS) is 21.4. The summed E-state index contributed by atoms with van der Waals surface area (Å²) in [5.41, 5.74) is 3.69. The predicted molar refractivity (Wildman–Crippen MR) is 39.6 cm³/mol. The molecule has 1 aliphatic carbocycles. The number of hydrogen-bond acceptors (Lipinski definition) is 3.